The zero-order valence-corrected chi connectivity index (χ0v) is 31.0. The van der Waals surface area contributed by atoms with Gasteiger partial charge in [-0.2, -0.15) is 0 Å². The SMILES string of the molecule is CC1C=c2sc3c(-c4ccc(C5=NC(c6cccc(-n7c8ccccc8c8ccccc87)c6)N=C(c6ccccc6)N5)cc4)nc4ccccc4c3c2=CC1. The monoisotopic (exact) mass is 725 g/mol. The molecule has 5 nitrogen and oxygen atoms in total. The molecule has 6 heteroatoms. The van der Waals surface area contributed by atoms with Crippen molar-refractivity contribution in [3.05, 3.63) is 178 Å². The number of para-hydroxylation sites is 3. The maximum absolute atomic E-state index is 5.28. The number of amidine groups is 2. The fourth-order valence-electron chi connectivity index (χ4n) is 8.30. The third-order valence-corrected chi connectivity index (χ3v) is 12.1. The van der Waals surface area contributed by atoms with E-state index in [1.54, 1.807) is 0 Å². The Morgan fingerprint density at radius 3 is 2.02 bits per heavy atom. The maximum Gasteiger partial charge on any atom is 0.169 e. The van der Waals surface area contributed by atoms with Gasteiger partial charge in [0, 0.05) is 54.0 Å². The summed E-state index contributed by atoms with van der Waals surface area (Å²) in [5.41, 5.74) is 9.61. The van der Waals surface area contributed by atoms with Crippen LogP contribution >= 0.6 is 11.3 Å². The standard InChI is InChI=1S/C49H35N5S/c1-30-22-27-39-43(28-30)55-46-44(39)38-18-5-8-19-40(38)50-45(46)31-23-25-33(26-24-31)48-51-47(32-12-3-2-4-13-32)52-49(53-48)34-14-11-15-35(29-34)54-41-20-9-6-16-36(41)37-17-7-10-21-42(37)54/h2-21,23-30,49H,22H2,1H3,(H,51,52,53). The van der Waals surface area contributed by atoms with Crippen molar-refractivity contribution in [1.82, 2.24) is 14.9 Å². The molecule has 4 heterocycles. The van der Waals surface area contributed by atoms with Gasteiger partial charge in [-0.1, -0.05) is 140 Å². The molecule has 0 radical (unpaired) electrons. The van der Waals surface area contributed by atoms with Gasteiger partial charge in [0.25, 0.3) is 0 Å². The van der Waals surface area contributed by atoms with Gasteiger partial charge in [-0.05, 0) is 47.9 Å². The Morgan fingerprint density at radius 2 is 1.27 bits per heavy atom. The first-order valence-electron chi connectivity index (χ1n) is 18.9. The topological polar surface area (TPSA) is 54.6 Å². The predicted octanol–water partition coefficient (Wildman–Crippen LogP) is 10.3. The van der Waals surface area contributed by atoms with Gasteiger partial charge in [0.05, 0.1) is 26.9 Å². The summed E-state index contributed by atoms with van der Waals surface area (Å²) in [6.07, 6.45) is 5.48. The van der Waals surface area contributed by atoms with Gasteiger partial charge in [-0.25, -0.2) is 15.0 Å². The molecule has 0 saturated carbocycles. The highest BCUT2D eigenvalue weighted by molar-refractivity contribution is 7.17. The van der Waals surface area contributed by atoms with Gasteiger partial charge in [0.15, 0.2) is 6.17 Å². The van der Waals surface area contributed by atoms with E-state index in [1.165, 1.54) is 47.0 Å². The molecule has 9 aromatic rings. The summed E-state index contributed by atoms with van der Waals surface area (Å²) in [5.74, 6) is 2.12. The minimum atomic E-state index is -0.437. The number of nitrogens with one attached hydrogen (secondary N) is 1. The van der Waals surface area contributed by atoms with E-state index in [0.717, 1.165) is 57.2 Å². The van der Waals surface area contributed by atoms with Crippen LogP contribution in [0.2, 0.25) is 0 Å². The summed E-state index contributed by atoms with van der Waals surface area (Å²) in [7, 11) is 0. The van der Waals surface area contributed by atoms with Gasteiger partial charge >= 0.3 is 0 Å². The van der Waals surface area contributed by atoms with Crippen molar-refractivity contribution in [3.63, 3.8) is 0 Å². The average molecular weight is 726 g/mol. The number of rotatable bonds is 5. The number of hydrogen-bond acceptors (Lipinski definition) is 5. The average Bonchev–Trinajstić information content (AvgIpc) is 3.80. The van der Waals surface area contributed by atoms with E-state index in [0.29, 0.717) is 5.92 Å². The lowest BCUT2D eigenvalue weighted by Gasteiger charge is -2.23. The van der Waals surface area contributed by atoms with Gasteiger partial charge in [-0.3, -0.25) is 0 Å². The van der Waals surface area contributed by atoms with Crippen LogP contribution in [0.1, 0.15) is 36.2 Å². The molecular formula is C49H35N5S. The van der Waals surface area contributed by atoms with Crippen LogP contribution in [0.3, 0.4) is 0 Å². The van der Waals surface area contributed by atoms with Crippen molar-refractivity contribution in [2.45, 2.75) is 19.5 Å². The zero-order chi connectivity index (χ0) is 36.5. The van der Waals surface area contributed by atoms with Crippen LogP contribution in [-0.4, -0.2) is 21.2 Å². The minimum Gasteiger partial charge on any atom is -0.324 e. The van der Waals surface area contributed by atoms with Crippen molar-refractivity contribution in [2.24, 2.45) is 15.9 Å². The lowest BCUT2D eigenvalue weighted by atomic mass is 9.99. The number of aromatic nitrogens is 2. The van der Waals surface area contributed by atoms with Crippen LogP contribution < -0.4 is 15.1 Å². The van der Waals surface area contributed by atoms with Gasteiger partial charge in [0.1, 0.15) is 11.7 Å². The second-order valence-electron chi connectivity index (χ2n) is 14.5. The highest BCUT2D eigenvalue weighted by atomic mass is 32.1. The molecule has 0 amide bonds. The molecule has 0 saturated heterocycles. The van der Waals surface area contributed by atoms with Crippen LogP contribution in [0, 0.1) is 5.92 Å². The number of pyridine rings is 1. The summed E-state index contributed by atoms with van der Waals surface area (Å²) in [6, 6.07) is 53.5. The number of aliphatic imine (C=N–C) groups is 2. The number of thiophene rings is 1. The molecule has 262 valence electrons. The highest BCUT2D eigenvalue weighted by Gasteiger charge is 2.23. The minimum absolute atomic E-state index is 0.437. The predicted molar refractivity (Wildman–Crippen MR) is 231 cm³/mol. The lowest BCUT2D eigenvalue weighted by Crippen LogP contribution is -2.36. The molecule has 2 atom stereocenters. The molecule has 55 heavy (non-hydrogen) atoms. The molecular weight excluding hydrogens is 691 g/mol. The summed E-state index contributed by atoms with van der Waals surface area (Å²) in [4.78, 5) is 15.7. The van der Waals surface area contributed by atoms with E-state index >= 15 is 0 Å². The van der Waals surface area contributed by atoms with Crippen LogP contribution in [0.5, 0.6) is 0 Å². The molecule has 1 N–H and O–H groups in total. The molecule has 1 aliphatic carbocycles. The van der Waals surface area contributed by atoms with Gasteiger partial charge in [-0.15, -0.1) is 11.3 Å². The summed E-state index contributed by atoms with van der Waals surface area (Å²) in [6.45, 7) is 2.29. The van der Waals surface area contributed by atoms with Crippen molar-refractivity contribution < 1.29 is 0 Å². The van der Waals surface area contributed by atoms with E-state index in [2.05, 4.69) is 162 Å². The quantitative estimate of drug-likeness (QED) is 0.192. The molecule has 1 aliphatic heterocycles. The molecule has 6 aromatic carbocycles. The first-order chi connectivity index (χ1) is 27.2. The Bertz CT molecular complexity index is 3120. The smallest absolute Gasteiger partial charge is 0.169 e. The number of nitrogens with zero attached hydrogens (tertiary/aromatic N) is 4. The number of fused-ring (bicyclic) bond motifs is 8. The molecule has 0 fully saturated rings. The van der Waals surface area contributed by atoms with Crippen LogP contribution in [0.4, 0.5) is 0 Å². The van der Waals surface area contributed by atoms with Gasteiger partial charge < -0.3 is 9.88 Å². The van der Waals surface area contributed by atoms with E-state index in [1.807, 2.05) is 29.5 Å². The molecule has 0 spiro atoms. The Morgan fingerprint density at radius 1 is 0.636 bits per heavy atom. The Hall–Kier alpha value is -6.63. The molecule has 11 rings (SSSR count). The molecule has 2 aliphatic rings. The number of hydrogen-bond donors (Lipinski definition) is 1. The second kappa shape index (κ2) is 12.8. The van der Waals surface area contributed by atoms with Crippen molar-refractivity contribution in [2.75, 3.05) is 0 Å². The highest BCUT2D eigenvalue weighted by Crippen LogP contribution is 2.35. The number of benzene rings is 6. The van der Waals surface area contributed by atoms with E-state index in [9.17, 15) is 0 Å². The van der Waals surface area contributed by atoms with Gasteiger partial charge in [0.2, 0.25) is 0 Å². The zero-order valence-electron chi connectivity index (χ0n) is 30.1. The normalized spacial score (nSPS) is 16.7. The second-order valence-corrected chi connectivity index (χ2v) is 15.6. The van der Waals surface area contributed by atoms with E-state index in [4.69, 9.17) is 15.0 Å². The fourth-order valence-corrected chi connectivity index (χ4v) is 9.70. The third kappa shape index (κ3) is 5.32. The van der Waals surface area contributed by atoms with Crippen LogP contribution in [-0.2, 0) is 0 Å². The van der Waals surface area contributed by atoms with Crippen molar-refractivity contribution >= 4 is 78.0 Å². The van der Waals surface area contributed by atoms with E-state index < -0.39 is 6.17 Å². The fraction of sp³-hybridized carbons (Fsp3) is 0.0816. The maximum atomic E-state index is 5.28. The summed E-state index contributed by atoms with van der Waals surface area (Å²) in [5, 5.41) is 9.97. The largest absolute Gasteiger partial charge is 0.324 e. The Kier molecular flexibility index (Phi) is 7.39. The lowest BCUT2D eigenvalue weighted by molar-refractivity contribution is 0.755. The Labute approximate surface area is 322 Å². The Balaban J connectivity index is 1.02. The first-order valence-corrected chi connectivity index (χ1v) is 19.7. The van der Waals surface area contributed by atoms with Crippen molar-refractivity contribution in [3.8, 4) is 16.9 Å². The summed E-state index contributed by atoms with van der Waals surface area (Å²) >= 11 is 1.87. The first kappa shape index (κ1) is 31.9. The summed E-state index contributed by atoms with van der Waals surface area (Å²) < 4.78 is 4.94. The van der Waals surface area contributed by atoms with E-state index in [-0.39, 0.29) is 0 Å². The van der Waals surface area contributed by atoms with Crippen molar-refractivity contribution in [1.29, 1.82) is 0 Å². The van der Waals surface area contributed by atoms with Crippen LogP contribution in [0.25, 0.3) is 71.9 Å². The third-order valence-electron chi connectivity index (χ3n) is 10.9. The molecule has 3 aromatic heterocycles. The van der Waals surface area contributed by atoms with Crippen LogP contribution in [0.15, 0.2) is 162 Å². The molecule has 2 unspecified atom stereocenters. The molecule has 0 bridgehead atoms.